The van der Waals surface area contributed by atoms with Gasteiger partial charge in [-0.25, -0.2) is 0 Å². The van der Waals surface area contributed by atoms with Crippen LogP contribution in [0, 0.1) is 0 Å². The molecule has 20 heavy (non-hydrogen) atoms. The second kappa shape index (κ2) is 5.13. The number of tetrazole rings is 1. The number of nitrogens with zero attached hydrogens (tertiary/aromatic N) is 4. The Morgan fingerprint density at radius 1 is 1.40 bits per heavy atom. The van der Waals surface area contributed by atoms with Crippen LogP contribution in [-0.4, -0.2) is 37.7 Å². The van der Waals surface area contributed by atoms with Crippen molar-refractivity contribution in [1.29, 1.82) is 0 Å². The first-order valence-corrected chi connectivity index (χ1v) is 7.37. The van der Waals surface area contributed by atoms with Crippen LogP contribution in [0.2, 0.25) is 0 Å². The van der Waals surface area contributed by atoms with Crippen molar-refractivity contribution in [1.82, 2.24) is 20.6 Å². The van der Waals surface area contributed by atoms with E-state index in [2.05, 4.69) is 52.5 Å². The van der Waals surface area contributed by atoms with Gasteiger partial charge in [-0.2, -0.15) is 5.21 Å². The molecule has 1 aliphatic heterocycles. The molecule has 0 saturated carbocycles. The van der Waals surface area contributed by atoms with Crippen molar-refractivity contribution in [3.05, 3.63) is 26.9 Å². The van der Waals surface area contributed by atoms with Gasteiger partial charge in [-0.3, -0.25) is 4.79 Å². The molecule has 1 atom stereocenters. The Bertz CT molecular complexity index is 661. The Labute approximate surface area is 130 Å². The fraction of sp³-hybridized carbons (Fsp3) is 0.273. The van der Waals surface area contributed by atoms with Gasteiger partial charge < -0.3 is 10.0 Å². The summed E-state index contributed by atoms with van der Waals surface area (Å²) in [4.78, 5) is 13.6. The zero-order valence-corrected chi connectivity index (χ0v) is 13.2. The Morgan fingerprint density at radius 2 is 2.20 bits per heavy atom. The summed E-state index contributed by atoms with van der Waals surface area (Å²) in [6, 6.07) is 3.25. The maximum Gasteiger partial charge on any atom is 0.229 e. The van der Waals surface area contributed by atoms with E-state index in [0.29, 0.717) is 33.3 Å². The van der Waals surface area contributed by atoms with Crippen LogP contribution < -0.4 is 4.90 Å². The van der Waals surface area contributed by atoms with Gasteiger partial charge in [-0.05, 0) is 44.0 Å². The van der Waals surface area contributed by atoms with Crippen LogP contribution in [-0.2, 0) is 11.2 Å². The number of hydrogen-bond donors (Lipinski definition) is 2. The number of phenolic OH excluding ortho intramolecular Hbond substituents is 1. The van der Waals surface area contributed by atoms with Gasteiger partial charge in [-0.1, -0.05) is 5.21 Å². The lowest BCUT2D eigenvalue weighted by atomic mass is 9.97. The number of benzene rings is 1. The van der Waals surface area contributed by atoms with E-state index in [0.717, 1.165) is 0 Å². The molecular weight excluding hydrogens is 394 g/mol. The van der Waals surface area contributed by atoms with Gasteiger partial charge in [0, 0.05) is 17.3 Å². The van der Waals surface area contributed by atoms with E-state index in [4.69, 9.17) is 0 Å². The lowest BCUT2D eigenvalue weighted by Gasteiger charge is -2.40. The normalized spacial score (nSPS) is 18.2. The highest BCUT2D eigenvalue weighted by Crippen LogP contribution is 2.40. The minimum Gasteiger partial charge on any atom is -0.507 e. The number of amides is 1. The van der Waals surface area contributed by atoms with E-state index >= 15 is 0 Å². The summed E-state index contributed by atoms with van der Waals surface area (Å²) in [5.41, 5.74) is 0.708. The summed E-state index contributed by atoms with van der Waals surface area (Å²) in [5.74, 6) is 0.710. The number of halogens is 2. The number of phenols is 1. The van der Waals surface area contributed by atoms with Gasteiger partial charge in [0.15, 0.2) is 5.82 Å². The summed E-state index contributed by atoms with van der Waals surface area (Å²) in [5, 5.41) is 23.3. The third kappa shape index (κ3) is 2.31. The predicted molar refractivity (Wildman–Crippen MR) is 77.3 cm³/mol. The van der Waals surface area contributed by atoms with E-state index in [1.165, 1.54) is 0 Å². The molecule has 1 unspecified atom stereocenters. The zero-order valence-electron chi connectivity index (χ0n) is 10.0. The molecule has 2 aromatic rings. The van der Waals surface area contributed by atoms with Crippen molar-refractivity contribution >= 4 is 43.5 Å². The van der Waals surface area contributed by atoms with E-state index in [1.54, 1.807) is 17.0 Å². The number of rotatable bonds is 3. The van der Waals surface area contributed by atoms with Crippen LogP contribution in [0.15, 0.2) is 21.1 Å². The Balaban J connectivity index is 1.88. The monoisotopic (exact) mass is 401 g/mol. The largest absolute Gasteiger partial charge is 0.507 e. The molecule has 9 heteroatoms. The van der Waals surface area contributed by atoms with Crippen LogP contribution in [0.25, 0.3) is 0 Å². The van der Waals surface area contributed by atoms with Crippen LogP contribution in [0.1, 0.15) is 12.2 Å². The molecule has 1 aliphatic rings. The van der Waals surface area contributed by atoms with Crippen molar-refractivity contribution in [2.45, 2.75) is 18.9 Å². The van der Waals surface area contributed by atoms with Crippen LogP contribution >= 0.6 is 31.9 Å². The zero-order chi connectivity index (χ0) is 14.3. The lowest BCUT2D eigenvalue weighted by molar-refractivity contribution is -0.124. The fourth-order valence-corrected chi connectivity index (χ4v) is 3.02. The maximum atomic E-state index is 11.9. The summed E-state index contributed by atoms with van der Waals surface area (Å²) in [6.07, 6.45) is 0.979. The lowest BCUT2D eigenvalue weighted by Crippen LogP contribution is -2.54. The van der Waals surface area contributed by atoms with Gasteiger partial charge in [0.2, 0.25) is 5.91 Å². The molecule has 1 aromatic heterocycles. The molecule has 2 N–H and O–H groups in total. The predicted octanol–water partition coefficient (Wildman–Crippen LogP) is 1.78. The standard InChI is InChI=1S/C11H9Br2N5O2/c12-6-4-9(19)7(13)3-8(6)18-5(2-11(18)20)1-10-14-16-17-15-10/h3-5,19H,1-2H2,(H,14,15,16,17). The first-order valence-electron chi connectivity index (χ1n) is 5.78. The quantitative estimate of drug-likeness (QED) is 0.763. The Morgan fingerprint density at radius 3 is 2.85 bits per heavy atom. The molecule has 2 heterocycles. The summed E-state index contributed by atoms with van der Waals surface area (Å²) < 4.78 is 1.19. The fourth-order valence-electron chi connectivity index (χ4n) is 2.17. The Hall–Kier alpha value is -1.48. The molecule has 1 fully saturated rings. The number of aromatic hydroxyl groups is 1. The molecular formula is C11H9Br2N5O2. The number of hydrogen-bond acceptors (Lipinski definition) is 5. The third-order valence-electron chi connectivity index (χ3n) is 3.13. The maximum absolute atomic E-state index is 11.9. The first kappa shape index (κ1) is 13.5. The van der Waals surface area contributed by atoms with Gasteiger partial charge in [0.1, 0.15) is 5.75 Å². The molecule has 3 rings (SSSR count). The number of anilines is 1. The van der Waals surface area contributed by atoms with Crippen molar-refractivity contribution in [2.75, 3.05) is 4.90 Å². The average molecular weight is 403 g/mol. The number of β-lactam (4-membered cyclic amide) rings is 1. The summed E-state index contributed by atoms with van der Waals surface area (Å²) >= 11 is 6.62. The number of aromatic amines is 1. The molecule has 0 aliphatic carbocycles. The smallest absolute Gasteiger partial charge is 0.229 e. The number of carbonyl (C=O) groups is 1. The molecule has 1 saturated heterocycles. The number of aromatic nitrogens is 4. The molecule has 1 amide bonds. The second-order valence-corrected chi connectivity index (χ2v) is 6.12. The summed E-state index contributed by atoms with van der Waals surface area (Å²) in [7, 11) is 0. The highest BCUT2D eigenvalue weighted by Gasteiger charge is 2.39. The highest BCUT2D eigenvalue weighted by atomic mass is 79.9. The first-order chi connectivity index (χ1) is 9.56. The number of H-pyrrole nitrogens is 1. The van der Waals surface area contributed by atoms with Gasteiger partial charge in [0.25, 0.3) is 0 Å². The minimum absolute atomic E-state index is 0.00663. The topological polar surface area (TPSA) is 95.0 Å². The van der Waals surface area contributed by atoms with Crippen LogP contribution in [0.5, 0.6) is 5.75 Å². The average Bonchev–Trinajstić information content (AvgIpc) is 2.88. The Kier molecular flexibility index (Phi) is 3.47. The van der Waals surface area contributed by atoms with Gasteiger partial charge in [-0.15, -0.1) is 10.2 Å². The van der Waals surface area contributed by atoms with E-state index in [-0.39, 0.29) is 17.7 Å². The van der Waals surface area contributed by atoms with E-state index in [9.17, 15) is 9.90 Å². The van der Waals surface area contributed by atoms with Crippen molar-refractivity contribution in [3.8, 4) is 5.75 Å². The molecule has 0 radical (unpaired) electrons. The van der Waals surface area contributed by atoms with E-state index < -0.39 is 0 Å². The van der Waals surface area contributed by atoms with Crippen LogP contribution in [0.4, 0.5) is 5.69 Å². The molecule has 1 aromatic carbocycles. The van der Waals surface area contributed by atoms with Crippen molar-refractivity contribution in [3.63, 3.8) is 0 Å². The van der Waals surface area contributed by atoms with Crippen LogP contribution in [0.3, 0.4) is 0 Å². The number of carbonyl (C=O) groups excluding carboxylic acids is 1. The van der Waals surface area contributed by atoms with Gasteiger partial charge in [0.05, 0.1) is 16.2 Å². The molecule has 0 spiro atoms. The molecule has 104 valence electrons. The van der Waals surface area contributed by atoms with E-state index in [1.807, 2.05) is 0 Å². The SMILES string of the molecule is O=C1CC(Cc2nn[nH]n2)N1c1cc(Br)c(O)cc1Br. The minimum atomic E-state index is -0.00663. The second-order valence-electron chi connectivity index (χ2n) is 4.41. The summed E-state index contributed by atoms with van der Waals surface area (Å²) in [6.45, 7) is 0. The van der Waals surface area contributed by atoms with Crippen molar-refractivity contribution < 1.29 is 9.90 Å². The highest BCUT2D eigenvalue weighted by molar-refractivity contribution is 9.11. The molecule has 0 bridgehead atoms. The van der Waals surface area contributed by atoms with Gasteiger partial charge >= 0.3 is 0 Å². The molecule has 7 nitrogen and oxygen atoms in total. The number of nitrogens with one attached hydrogen (secondary N) is 1. The van der Waals surface area contributed by atoms with Crippen molar-refractivity contribution in [2.24, 2.45) is 0 Å². The third-order valence-corrected chi connectivity index (χ3v) is 4.40.